The van der Waals surface area contributed by atoms with E-state index in [-0.39, 0.29) is 17.6 Å². The molecule has 1 atom stereocenters. The monoisotopic (exact) mass is 331 g/mol. The van der Waals surface area contributed by atoms with E-state index in [0.29, 0.717) is 6.54 Å². The van der Waals surface area contributed by atoms with Crippen molar-refractivity contribution in [3.05, 3.63) is 20.8 Å². The zero-order valence-corrected chi connectivity index (χ0v) is 13.0. The Morgan fingerprint density at radius 1 is 1.67 bits per heavy atom. The van der Waals surface area contributed by atoms with Crippen LogP contribution in [0.25, 0.3) is 0 Å². The molecule has 2 amide bonds. The van der Waals surface area contributed by atoms with E-state index in [0.717, 1.165) is 17.4 Å². The van der Waals surface area contributed by atoms with Crippen molar-refractivity contribution < 1.29 is 4.79 Å². The number of carbonyl (C=O) groups is 1. The number of hydrogen-bond donors (Lipinski definition) is 2. The molecule has 0 spiro atoms. The summed E-state index contributed by atoms with van der Waals surface area (Å²) in [5.41, 5.74) is 5.71. The van der Waals surface area contributed by atoms with Gasteiger partial charge in [-0.1, -0.05) is 0 Å². The predicted octanol–water partition coefficient (Wildman–Crippen LogP) is 2.70. The van der Waals surface area contributed by atoms with Crippen LogP contribution >= 0.6 is 27.3 Å². The molecule has 1 saturated heterocycles. The first kappa shape index (κ1) is 13.8. The maximum atomic E-state index is 11.8. The number of hydrogen-bond acceptors (Lipinski definition) is 3. The summed E-state index contributed by atoms with van der Waals surface area (Å²) in [6.45, 7) is 5.39. The zero-order chi connectivity index (χ0) is 13.3. The molecule has 1 aromatic heterocycles. The first-order valence-corrected chi connectivity index (χ1v) is 7.61. The highest BCUT2D eigenvalue weighted by Crippen LogP contribution is 2.29. The van der Waals surface area contributed by atoms with Crippen molar-refractivity contribution in [2.24, 2.45) is 5.73 Å². The number of nitrogens with one attached hydrogen (secondary N) is 1. The molecule has 1 aromatic rings. The second-order valence-corrected chi connectivity index (χ2v) is 7.21. The lowest BCUT2D eigenvalue weighted by Gasteiger charge is -2.22. The number of rotatable bonds is 4. The van der Waals surface area contributed by atoms with Crippen LogP contribution < -0.4 is 11.1 Å². The van der Waals surface area contributed by atoms with Crippen LogP contribution in [-0.2, 0) is 0 Å². The molecule has 3 N–H and O–H groups in total. The summed E-state index contributed by atoms with van der Waals surface area (Å²) in [7, 11) is 0. The van der Waals surface area contributed by atoms with Gasteiger partial charge in [-0.15, -0.1) is 11.3 Å². The normalized spacial score (nSPS) is 20.3. The van der Waals surface area contributed by atoms with E-state index >= 15 is 0 Å². The van der Waals surface area contributed by atoms with Crippen LogP contribution in [0.5, 0.6) is 0 Å². The third kappa shape index (κ3) is 3.46. The van der Waals surface area contributed by atoms with E-state index < -0.39 is 0 Å². The summed E-state index contributed by atoms with van der Waals surface area (Å²) in [4.78, 5) is 14.9. The lowest BCUT2D eigenvalue weighted by molar-refractivity contribution is 0.213. The van der Waals surface area contributed by atoms with Crippen LogP contribution in [0, 0.1) is 0 Å². The molecule has 0 bridgehead atoms. The molecule has 100 valence electrons. The summed E-state index contributed by atoms with van der Waals surface area (Å²) in [6, 6.07) is 2.18. The fourth-order valence-corrected chi connectivity index (χ4v) is 3.37. The summed E-state index contributed by atoms with van der Waals surface area (Å²) in [5.74, 6) is 0. The standard InChI is InChI=1S/C12H18BrN3OS/c1-12(2,14)3-4-16-6-9(15-11(16)17)10-5-8(13)7-18-10/h5,7,9H,3-4,6,14H2,1-2H3,(H,15,17). The van der Waals surface area contributed by atoms with Gasteiger partial charge >= 0.3 is 6.03 Å². The highest BCUT2D eigenvalue weighted by atomic mass is 79.9. The molecule has 1 aliphatic heterocycles. The fraction of sp³-hybridized carbons (Fsp3) is 0.583. The number of thiophene rings is 1. The average Bonchev–Trinajstić information content (AvgIpc) is 2.81. The van der Waals surface area contributed by atoms with Crippen molar-refractivity contribution in [2.75, 3.05) is 13.1 Å². The number of urea groups is 1. The molecule has 0 aliphatic carbocycles. The topological polar surface area (TPSA) is 58.4 Å². The van der Waals surface area contributed by atoms with Gasteiger partial charge in [-0.2, -0.15) is 0 Å². The average molecular weight is 332 g/mol. The molecular formula is C12H18BrN3OS. The minimum Gasteiger partial charge on any atom is -0.329 e. The summed E-state index contributed by atoms with van der Waals surface area (Å²) in [6.07, 6.45) is 0.807. The summed E-state index contributed by atoms with van der Waals surface area (Å²) >= 11 is 5.10. The molecule has 2 rings (SSSR count). The van der Waals surface area contributed by atoms with Gasteiger partial charge in [0.05, 0.1) is 6.04 Å². The zero-order valence-electron chi connectivity index (χ0n) is 10.6. The second-order valence-electron chi connectivity index (χ2n) is 5.35. The van der Waals surface area contributed by atoms with E-state index in [9.17, 15) is 4.79 Å². The summed E-state index contributed by atoms with van der Waals surface area (Å²) in [5, 5.41) is 5.04. The van der Waals surface area contributed by atoms with Crippen LogP contribution in [0.15, 0.2) is 15.9 Å². The molecule has 2 heterocycles. The van der Waals surface area contributed by atoms with E-state index in [1.807, 2.05) is 24.1 Å². The largest absolute Gasteiger partial charge is 0.329 e. The minimum atomic E-state index is -0.232. The number of carbonyl (C=O) groups excluding carboxylic acids is 1. The molecule has 18 heavy (non-hydrogen) atoms. The quantitative estimate of drug-likeness (QED) is 0.891. The molecule has 1 unspecified atom stereocenters. The third-order valence-electron chi connectivity index (χ3n) is 2.95. The molecular weight excluding hydrogens is 314 g/mol. The van der Waals surface area contributed by atoms with Crippen molar-refractivity contribution in [1.82, 2.24) is 10.2 Å². The van der Waals surface area contributed by atoms with E-state index in [4.69, 9.17) is 5.73 Å². The molecule has 1 aliphatic rings. The number of halogens is 1. The van der Waals surface area contributed by atoms with Crippen LogP contribution in [0.4, 0.5) is 4.79 Å². The van der Waals surface area contributed by atoms with E-state index in [1.54, 1.807) is 11.3 Å². The van der Waals surface area contributed by atoms with Gasteiger partial charge in [-0.25, -0.2) is 4.79 Å². The van der Waals surface area contributed by atoms with Gasteiger partial charge in [0.1, 0.15) is 0 Å². The number of nitrogens with zero attached hydrogens (tertiary/aromatic N) is 1. The van der Waals surface area contributed by atoms with Crippen molar-refractivity contribution in [3.8, 4) is 0 Å². The fourth-order valence-electron chi connectivity index (χ4n) is 1.88. The van der Waals surface area contributed by atoms with Crippen molar-refractivity contribution in [3.63, 3.8) is 0 Å². The Morgan fingerprint density at radius 2 is 2.39 bits per heavy atom. The maximum absolute atomic E-state index is 11.8. The second kappa shape index (κ2) is 5.19. The third-order valence-corrected chi connectivity index (χ3v) is 4.75. The highest BCUT2D eigenvalue weighted by molar-refractivity contribution is 9.10. The molecule has 0 radical (unpaired) electrons. The molecule has 4 nitrogen and oxygen atoms in total. The lowest BCUT2D eigenvalue weighted by atomic mass is 10.0. The minimum absolute atomic E-state index is 0.00812. The van der Waals surface area contributed by atoms with Gasteiger partial charge in [0.25, 0.3) is 0 Å². The van der Waals surface area contributed by atoms with Crippen molar-refractivity contribution >= 4 is 33.3 Å². The van der Waals surface area contributed by atoms with Gasteiger partial charge in [-0.05, 0) is 42.3 Å². The number of amides is 2. The van der Waals surface area contributed by atoms with Gasteiger partial charge < -0.3 is 16.0 Å². The Kier molecular flexibility index (Phi) is 3.99. The predicted molar refractivity (Wildman–Crippen MR) is 77.7 cm³/mol. The van der Waals surface area contributed by atoms with Gasteiger partial charge in [0, 0.05) is 33.4 Å². The van der Waals surface area contributed by atoms with Crippen molar-refractivity contribution in [2.45, 2.75) is 31.8 Å². The Labute approximate surface area is 120 Å². The van der Waals surface area contributed by atoms with Crippen LogP contribution in [-0.4, -0.2) is 29.6 Å². The molecule has 0 aromatic carbocycles. The van der Waals surface area contributed by atoms with Crippen LogP contribution in [0.3, 0.4) is 0 Å². The van der Waals surface area contributed by atoms with Gasteiger partial charge in [0.15, 0.2) is 0 Å². The van der Waals surface area contributed by atoms with Crippen LogP contribution in [0.1, 0.15) is 31.2 Å². The summed E-state index contributed by atoms with van der Waals surface area (Å²) < 4.78 is 1.07. The smallest absolute Gasteiger partial charge is 0.318 e. The first-order chi connectivity index (χ1) is 8.35. The Hall–Kier alpha value is -0.590. The Balaban J connectivity index is 1.95. The molecule has 0 saturated carbocycles. The van der Waals surface area contributed by atoms with Crippen LogP contribution in [0.2, 0.25) is 0 Å². The maximum Gasteiger partial charge on any atom is 0.318 e. The van der Waals surface area contributed by atoms with E-state index in [1.165, 1.54) is 4.88 Å². The molecule has 6 heteroatoms. The first-order valence-electron chi connectivity index (χ1n) is 5.93. The van der Waals surface area contributed by atoms with E-state index in [2.05, 4.69) is 27.3 Å². The van der Waals surface area contributed by atoms with Gasteiger partial charge in [-0.3, -0.25) is 0 Å². The molecule has 1 fully saturated rings. The highest BCUT2D eigenvalue weighted by Gasteiger charge is 2.31. The SMILES string of the molecule is CC(C)(N)CCN1CC(c2cc(Br)cs2)NC1=O. The Morgan fingerprint density at radius 3 is 2.94 bits per heavy atom. The van der Waals surface area contributed by atoms with Gasteiger partial charge in [0.2, 0.25) is 0 Å². The lowest BCUT2D eigenvalue weighted by Crippen LogP contribution is -2.38. The van der Waals surface area contributed by atoms with Crippen molar-refractivity contribution in [1.29, 1.82) is 0 Å². The number of nitrogens with two attached hydrogens (primary N) is 1. The Bertz CT molecular complexity index is 441.